The Bertz CT molecular complexity index is 549. The van der Waals surface area contributed by atoms with Gasteiger partial charge in [-0.1, -0.05) is 12.2 Å². The van der Waals surface area contributed by atoms with Crippen molar-refractivity contribution in [2.75, 3.05) is 11.4 Å². The molecular weight excluding hydrogens is 221 g/mol. The van der Waals surface area contributed by atoms with Gasteiger partial charge in [-0.05, 0) is 31.5 Å². The highest BCUT2D eigenvalue weighted by Crippen LogP contribution is 2.33. The molecular formula is C13H12FNO2. The number of Topliss-reactive ketones (excluding diaryl/α,β-unsaturated/α-hetero) is 1. The summed E-state index contributed by atoms with van der Waals surface area (Å²) in [6, 6.07) is 2.85. The summed E-state index contributed by atoms with van der Waals surface area (Å²) >= 11 is 0. The molecule has 0 spiro atoms. The van der Waals surface area contributed by atoms with E-state index < -0.39 is 17.5 Å². The van der Waals surface area contributed by atoms with Gasteiger partial charge >= 0.3 is 0 Å². The van der Waals surface area contributed by atoms with Crippen molar-refractivity contribution < 1.29 is 14.0 Å². The van der Waals surface area contributed by atoms with Gasteiger partial charge in [0.2, 0.25) is 0 Å². The van der Waals surface area contributed by atoms with Crippen molar-refractivity contribution in [3.63, 3.8) is 0 Å². The van der Waals surface area contributed by atoms with E-state index in [2.05, 4.69) is 6.58 Å². The third-order valence-corrected chi connectivity index (χ3v) is 2.59. The number of hydrogen-bond acceptors (Lipinski definition) is 2. The summed E-state index contributed by atoms with van der Waals surface area (Å²) in [5, 5.41) is 0. The van der Waals surface area contributed by atoms with E-state index in [-0.39, 0.29) is 17.8 Å². The van der Waals surface area contributed by atoms with Gasteiger partial charge in [0.05, 0.1) is 11.3 Å². The second kappa shape index (κ2) is 3.80. The van der Waals surface area contributed by atoms with Crippen molar-refractivity contribution in [3.05, 3.63) is 41.2 Å². The zero-order chi connectivity index (χ0) is 12.7. The van der Waals surface area contributed by atoms with Crippen molar-refractivity contribution in [2.45, 2.75) is 13.8 Å². The maximum Gasteiger partial charge on any atom is 0.299 e. The zero-order valence-corrected chi connectivity index (χ0v) is 9.71. The van der Waals surface area contributed by atoms with Gasteiger partial charge in [-0.25, -0.2) is 4.39 Å². The summed E-state index contributed by atoms with van der Waals surface area (Å²) in [4.78, 5) is 24.6. The number of aryl methyl sites for hydroxylation is 1. The number of benzene rings is 1. The molecule has 0 N–H and O–H groups in total. The molecule has 1 aromatic carbocycles. The number of hydrogen-bond donors (Lipinski definition) is 0. The highest BCUT2D eigenvalue weighted by atomic mass is 19.1. The van der Waals surface area contributed by atoms with Crippen molar-refractivity contribution in [3.8, 4) is 0 Å². The number of rotatable bonds is 2. The van der Waals surface area contributed by atoms with E-state index in [1.807, 2.05) is 0 Å². The number of carbonyl (C=O) groups excluding carboxylic acids is 2. The summed E-state index contributed by atoms with van der Waals surface area (Å²) in [7, 11) is 0. The second-order valence-electron chi connectivity index (χ2n) is 4.32. The average molecular weight is 233 g/mol. The highest BCUT2D eigenvalue weighted by Gasteiger charge is 2.38. The maximum atomic E-state index is 13.8. The number of amides is 1. The minimum atomic E-state index is -0.687. The Morgan fingerprint density at radius 1 is 1.41 bits per heavy atom. The van der Waals surface area contributed by atoms with Crippen LogP contribution >= 0.6 is 0 Å². The lowest BCUT2D eigenvalue weighted by atomic mass is 10.1. The van der Waals surface area contributed by atoms with Gasteiger partial charge in [0.15, 0.2) is 0 Å². The van der Waals surface area contributed by atoms with Crippen molar-refractivity contribution in [1.29, 1.82) is 0 Å². The Morgan fingerprint density at radius 3 is 2.65 bits per heavy atom. The second-order valence-corrected chi connectivity index (χ2v) is 4.32. The topological polar surface area (TPSA) is 37.4 Å². The number of anilines is 1. The zero-order valence-electron chi connectivity index (χ0n) is 9.71. The summed E-state index contributed by atoms with van der Waals surface area (Å²) in [5.74, 6) is -1.88. The lowest BCUT2D eigenvalue weighted by Crippen LogP contribution is -2.31. The van der Waals surface area contributed by atoms with Crippen LogP contribution in [0, 0.1) is 12.7 Å². The van der Waals surface area contributed by atoms with Gasteiger partial charge in [-0.2, -0.15) is 0 Å². The molecule has 0 saturated heterocycles. The monoisotopic (exact) mass is 233 g/mol. The highest BCUT2D eigenvalue weighted by molar-refractivity contribution is 6.52. The third kappa shape index (κ3) is 1.75. The quantitative estimate of drug-likeness (QED) is 0.580. The first-order valence-electron chi connectivity index (χ1n) is 5.22. The van der Waals surface area contributed by atoms with Crippen LogP contribution in [0.1, 0.15) is 22.8 Å². The number of carbonyl (C=O) groups is 2. The fraction of sp³-hybridized carbons (Fsp3) is 0.231. The van der Waals surface area contributed by atoms with E-state index in [0.717, 1.165) is 4.90 Å². The van der Waals surface area contributed by atoms with Crippen LogP contribution in [0.15, 0.2) is 24.3 Å². The van der Waals surface area contributed by atoms with Crippen molar-refractivity contribution >= 4 is 17.4 Å². The van der Waals surface area contributed by atoms with Crippen LogP contribution in [0.25, 0.3) is 0 Å². The summed E-state index contributed by atoms with van der Waals surface area (Å²) in [6.45, 7) is 7.24. The lowest BCUT2D eigenvalue weighted by molar-refractivity contribution is -0.114. The number of nitrogens with zero attached hydrogens (tertiary/aromatic N) is 1. The Labute approximate surface area is 98.5 Å². The van der Waals surface area contributed by atoms with E-state index in [1.54, 1.807) is 13.8 Å². The number of fused-ring (bicyclic) bond motifs is 1. The Kier molecular flexibility index (Phi) is 2.58. The van der Waals surface area contributed by atoms with E-state index in [4.69, 9.17) is 0 Å². The average Bonchev–Trinajstić information content (AvgIpc) is 2.43. The van der Waals surface area contributed by atoms with Crippen LogP contribution in [0.3, 0.4) is 0 Å². The Balaban J connectivity index is 2.60. The standard InChI is InChI=1S/C13H12FNO2/c1-7(2)6-15-11-9(12(16)13(15)17)4-8(3)5-10(11)14/h4-5H,1,6H2,2-3H3. The molecule has 1 aromatic rings. The molecule has 0 aromatic heterocycles. The van der Waals surface area contributed by atoms with E-state index in [0.29, 0.717) is 11.1 Å². The summed E-state index contributed by atoms with van der Waals surface area (Å²) in [5.41, 5.74) is 1.54. The molecule has 0 atom stereocenters. The lowest BCUT2D eigenvalue weighted by Gasteiger charge is -2.16. The minimum absolute atomic E-state index is 0.0774. The molecule has 17 heavy (non-hydrogen) atoms. The van der Waals surface area contributed by atoms with Crippen LogP contribution < -0.4 is 4.90 Å². The molecule has 4 heteroatoms. The third-order valence-electron chi connectivity index (χ3n) is 2.59. The molecule has 0 bridgehead atoms. The van der Waals surface area contributed by atoms with Crippen LogP contribution in [-0.2, 0) is 4.79 Å². The molecule has 0 unspecified atom stereocenters. The van der Waals surface area contributed by atoms with Crippen LogP contribution in [0.2, 0.25) is 0 Å². The molecule has 0 radical (unpaired) electrons. The first-order chi connectivity index (χ1) is 7.91. The van der Waals surface area contributed by atoms with Gasteiger partial charge in [-0.3, -0.25) is 14.5 Å². The molecule has 3 nitrogen and oxygen atoms in total. The number of ketones is 1. The molecule has 0 aliphatic carbocycles. The summed E-state index contributed by atoms with van der Waals surface area (Å²) in [6.07, 6.45) is 0. The van der Waals surface area contributed by atoms with Gasteiger partial charge in [-0.15, -0.1) is 0 Å². The smallest absolute Gasteiger partial charge is 0.298 e. The predicted octanol–water partition coefficient (Wildman–Crippen LogP) is 2.24. The van der Waals surface area contributed by atoms with Crippen LogP contribution in [0.5, 0.6) is 0 Å². The molecule has 1 aliphatic rings. The Morgan fingerprint density at radius 2 is 2.06 bits per heavy atom. The largest absolute Gasteiger partial charge is 0.299 e. The van der Waals surface area contributed by atoms with E-state index in [1.165, 1.54) is 12.1 Å². The van der Waals surface area contributed by atoms with Crippen LogP contribution in [0.4, 0.5) is 10.1 Å². The van der Waals surface area contributed by atoms with Gasteiger partial charge in [0.25, 0.3) is 11.7 Å². The Hall–Kier alpha value is -1.97. The minimum Gasteiger partial charge on any atom is -0.298 e. The first-order valence-corrected chi connectivity index (χ1v) is 5.22. The SMILES string of the molecule is C=C(C)CN1C(=O)C(=O)c2cc(C)cc(F)c21. The summed E-state index contributed by atoms with van der Waals surface area (Å²) < 4.78 is 13.8. The normalized spacial score (nSPS) is 14.2. The van der Waals surface area contributed by atoms with Gasteiger partial charge in [0, 0.05) is 6.54 Å². The van der Waals surface area contributed by atoms with E-state index >= 15 is 0 Å². The fourth-order valence-electron chi connectivity index (χ4n) is 1.94. The van der Waals surface area contributed by atoms with Gasteiger partial charge in [0.1, 0.15) is 5.82 Å². The molecule has 0 saturated carbocycles. The van der Waals surface area contributed by atoms with E-state index in [9.17, 15) is 14.0 Å². The molecule has 1 heterocycles. The predicted molar refractivity (Wildman–Crippen MR) is 62.6 cm³/mol. The first kappa shape index (κ1) is 11.5. The van der Waals surface area contributed by atoms with Crippen molar-refractivity contribution in [1.82, 2.24) is 0 Å². The van der Waals surface area contributed by atoms with Crippen LogP contribution in [-0.4, -0.2) is 18.2 Å². The molecule has 2 rings (SSSR count). The molecule has 1 amide bonds. The fourth-order valence-corrected chi connectivity index (χ4v) is 1.94. The number of halogens is 1. The molecule has 88 valence electrons. The van der Waals surface area contributed by atoms with Gasteiger partial charge < -0.3 is 0 Å². The molecule has 0 fully saturated rings. The maximum absolute atomic E-state index is 13.8. The molecule has 1 aliphatic heterocycles. The van der Waals surface area contributed by atoms with Crippen molar-refractivity contribution in [2.24, 2.45) is 0 Å².